The Labute approximate surface area is 284 Å². The summed E-state index contributed by atoms with van der Waals surface area (Å²) < 4.78 is 0. The van der Waals surface area contributed by atoms with Gasteiger partial charge in [-0.3, -0.25) is 19.3 Å². The molecule has 0 bridgehead atoms. The quantitative estimate of drug-likeness (QED) is 0.119. The molecule has 10 atom stereocenters. The summed E-state index contributed by atoms with van der Waals surface area (Å²) in [6.07, 6.45) is 13.5. The predicted octanol–water partition coefficient (Wildman–Crippen LogP) is 7.74. The molecule has 0 aromatic rings. The summed E-state index contributed by atoms with van der Waals surface area (Å²) in [5, 5.41) is 20.7. The zero-order valence-electron chi connectivity index (χ0n) is 30.5. The van der Waals surface area contributed by atoms with Crippen molar-refractivity contribution in [1.29, 1.82) is 0 Å². The number of imide groups is 1. The first-order chi connectivity index (χ1) is 22.0. The summed E-state index contributed by atoms with van der Waals surface area (Å²) in [4.78, 5) is 41.6. The molecule has 266 valence electrons. The van der Waals surface area contributed by atoms with Crippen LogP contribution < -0.4 is 5.73 Å². The van der Waals surface area contributed by atoms with Gasteiger partial charge in [0.05, 0.1) is 11.5 Å². The maximum absolute atomic E-state index is 15.0. The van der Waals surface area contributed by atoms with E-state index in [2.05, 4.69) is 48.1 Å². The number of allylic oxidation sites excluding steroid dienone is 1. The largest absolute Gasteiger partial charge is 0.481 e. The Morgan fingerprint density at radius 1 is 0.809 bits per heavy atom. The first-order valence-electron chi connectivity index (χ1n) is 19.1. The SMILES string of the molecule is C=C(C)[C@@H]1CC[C@]2(C(=O)N(CCCCCCCN)C(=O)CC(=O)O)CC[C@]3(C)[C@H](CCC4[C@@]5(C)CC[C@H](O)C(C)(C)[C@@H]5CC[C@]43C)[C@@H]12. The van der Waals surface area contributed by atoms with Crippen LogP contribution in [0, 0.1) is 56.7 Å². The molecular formula is C40H66N2O5. The summed E-state index contributed by atoms with van der Waals surface area (Å²) in [6.45, 7) is 19.8. The fourth-order valence-corrected chi connectivity index (χ4v) is 13.3. The normalized spacial score (nSPS) is 42.0. The number of carboxylic acids is 1. The van der Waals surface area contributed by atoms with Crippen LogP contribution in [0.3, 0.4) is 0 Å². The Hall–Kier alpha value is -1.73. The number of nitrogens with zero attached hydrogens (tertiary/aromatic N) is 1. The van der Waals surface area contributed by atoms with Gasteiger partial charge in [0.1, 0.15) is 6.42 Å². The Kier molecular flexibility index (Phi) is 10.3. The van der Waals surface area contributed by atoms with Gasteiger partial charge in [-0.25, -0.2) is 0 Å². The van der Waals surface area contributed by atoms with Crippen molar-refractivity contribution in [2.75, 3.05) is 13.1 Å². The molecule has 0 saturated heterocycles. The fraction of sp³-hybridized carbons (Fsp3) is 0.875. The van der Waals surface area contributed by atoms with Gasteiger partial charge in [0, 0.05) is 6.54 Å². The van der Waals surface area contributed by atoms with Crippen molar-refractivity contribution >= 4 is 17.8 Å². The molecule has 5 rings (SSSR count). The predicted molar refractivity (Wildman–Crippen MR) is 186 cm³/mol. The van der Waals surface area contributed by atoms with Crippen LogP contribution in [0.1, 0.15) is 144 Å². The van der Waals surface area contributed by atoms with Crippen LogP contribution in [0.15, 0.2) is 12.2 Å². The minimum absolute atomic E-state index is 0.0511. The lowest BCUT2D eigenvalue weighted by Gasteiger charge is -2.72. The number of aliphatic hydroxyl groups is 1. The Morgan fingerprint density at radius 2 is 1.49 bits per heavy atom. The molecule has 0 aliphatic heterocycles. The molecule has 5 aliphatic rings. The number of aliphatic carboxylic acids is 1. The topological polar surface area (TPSA) is 121 Å². The number of hydrogen-bond acceptors (Lipinski definition) is 5. The highest BCUT2D eigenvalue weighted by molar-refractivity contribution is 6.04. The van der Waals surface area contributed by atoms with E-state index in [0.717, 1.165) is 95.5 Å². The van der Waals surface area contributed by atoms with Gasteiger partial charge < -0.3 is 15.9 Å². The van der Waals surface area contributed by atoms with Crippen LogP contribution in [0.25, 0.3) is 0 Å². The second-order valence-electron chi connectivity index (χ2n) is 18.2. The van der Waals surface area contributed by atoms with Crippen LogP contribution in [-0.4, -0.2) is 52.1 Å². The minimum Gasteiger partial charge on any atom is -0.481 e. The maximum Gasteiger partial charge on any atom is 0.312 e. The van der Waals surface area contributed by atoms with Crippen LogP contribution in [-0.2, 0) is 14.4 Å². The van der Waals surface area contributed by atoms with Crippen molar-refractivity contribution in [1.82, 2.24) is 4.90 Å². The molecule has 5 fully saturated rings. The van der Waals surface area contributed by atoms with E-state index in [0.29, 0.717) is 37.3 Å². The summed E-state index contributed by atoms with van der Waals surface area (Å²) in [5.41, 5.74) is 6.42. The van der Waals surface area contributed by atoms with E-state index in [1.165, 1.54) is 4.90 Å². The molecule has 5 aliphatic carbocycles. The van der Waals surface area contributed by atoms with Gasteiger partial charge >= 0.3 is 5.97 Å². The van der Waals surface area contributed by atoms with Crippen LogP contribution in [0.4, 0.5) is 0 Å². The lowest BCUT2D eigenvalue weighted by molar-refractivity contribution is -0.247. The monoisotopic (exact) mass is 654 g/mol. The lowest BCUT2D eigenvalue weighted by Crippen LogP contribution is -2.67. The number of carboxylic acid groups (broad SMARTS) is 1. The standard InChI is InChI=1S/C40H66N2O5/c1-26(2)27-15-20-40(35(47)42(32(44)25-33(45)46)24-12-10-8-9-11-23-41)22-21-38(6)28(34(27)40)13-14-30-37(5)18-17-31(43)36(3,4)29(37)16-19-39(30,38)7/h27-31,34,43H,1,8-25,41H2,2-7H3,(H,45,46)/t27-,28+,29-,30?,31-,34+,37-,38+,39+,40-/m0/s1. The number of aliphatic hydroxyl groups excluding tert-OH is 1. The highest BCUT2D eigenvalue weighted by Gasteiger charge is 2.72. The van der Waals surface area contributed by atoms with E-state index in [1.54, 1.807) is 0 Å². The highest BCUT2D eigenvalue weighted by atomic mass is 16.4. The summed E-state index contributed by atoms with van der Waals surface area (Å²) >= 11 is 0. The van der Waals surface area contributed by atoms with E-state index in [4.69, 9.17) is 5.73 Å². The average Bonchev–Trinajstić information content (AvgIpc) is 3.40. The van der Waals surface area contributed by atoms with E-state index in [1.807, 2.05) is 0 Å². The number of carbonyl (C=O) groups is 3. The number of amides is 2. The van der Waals surface area contributed by atoms with E-state index in [9.17, 15) is 24.6 Å². The van der Waals surface area contributed by atoms with Gasteiger partial charge in [-0.05, 0) is 142 Å². The maximum atomic E-state index is 15.0. The molecule has 4 N–H and O–H groups in total. The smallest absolute Gasteiger partial charge is 0.312 e. The zero-order chi connectivity index (χ0) is 34.6. The Morgan fingerprint density at radius 3 is 2.15 bits per heavy atom. The van der Waals surface area contributed by atoms with Gasteiger partial charge in [0.15, 0.2) is 0 Å². The third-order valence-corrected chi connectivity index (χ3v) is 15.9. The molecule has 2 amide bonds. The summed E-state index contributed by atoms with van der Waals surface area (Å²) in [7, 11) is 0. The molecule has 5 saturated carbocycles. The van der Waals surface area contributed by atoms with Gasteiger partial charge in [-0.1, -0.05) is 66.0 Å². The zero-order valence-corrected chi connectivity index (χ0v) is 30.5. The third kappa shape index (κ3) is 5.75. The number of nitrogens with two attached hydrogens (primary N) is 1. The van der Waals surface area contributed by atoms with Crippen LogP contribution in [0.5, 0.6) is 0 Å². The Bertz CT molecular complexity index is 1230. The van der Waals surface area contributed by atoms with Crippen molar-refractivity contribution in [3.63, 3.8) is 0 Å². The van der Waals surface area contributed by atoms with Crippen LogP contribution in [0.2, 0.25) is 0 Å². The number of carbonyl (C=O) groups excluding carboxylic acids is 2. The van der Waals surface area contributed by atoms with Crippen molar-refractivity contribution in [3.05, 3.63) is 12.2 Å². The van der Waals surface area contributed by atoms with E-state index < -0.39 is 23.7 Å². The fourth-order valence-electron chi connectivity index (χ4n) is 13.3. The Balaban J connectivity index is 1.48. The van der Waals surface area contributed by atoms with Gasteiger partial charge in [0.25, 0.3) is 0 Å². The van der Waals surface area contributed by atoms with Gasteiger partial charge in [-0.15, -0.1) is 0 Å². The number of rotatable bonds is 11. The molecule has 0 heterocycles. The van der Waals surface area contributed by atoms with E-state index >= 15 is 0 Å². The van der Waals surface area contributed by atoms with Gasteiger partial charge in [0.2, 0.25) is 11.8 Å². The highest BCUT2D eigenvalue weighted by Crippen LogP contribution is 2.77. The second-order valence-corrected chi connectivity index (χ2v) is 18.2. The van der Waals surface area contributed by atoms with E-state index in [-0.39, 0.29) is 45.5 Å². The molecule has 0 aromatic carbocycles. The number of fused-ring (bicyclic) bond motifs is 7. The molecule has 47 heavy (non-hydrogen) atoms. The van der Waals surface area contributed by atoms with Crippen molar-refractivity contribution in [2.45, 2.75) is 150 Å². The third-order valence-electron chi connectivity index (χ3n) is 15.9. The first kappa shape index (κ1) is 36.5. The number of hydrogen-bond donors (Lipinski definition) is 3. The molecular weight excluding hydrogens is 588 g/mol. The second kappa shape index (κ2) is 13.2. The van der Waals surface area contributed by atoms with Crippen molar-refractivity contribution < 1.29 is 24.6 Å². The van der Waals surface area contributed by atoms with Gasteiger partial charge in [-0.2, -0.15) is 0 Å². The molecule has 0 radical (unpaired) electrons. The average molecular weight is 655 g/mol. The summed E-state index contributed by atoms with van der Waals surface area (Å²) in [6, 6.07) is 0. The molecule has 1 unspecified atom stereocenters. The molecule has 0 aromatic heterocycles. The minimum atomic E-state index is -1.18. The lowest BCUT2D eigenvalue weighted by atomic mass is 9.32. The molecule has 7 nitrogen and oxygen atoms in total. The van der Waals surface area contributed by atoms with Crippen LogP contribution >= 0.6 is 0 Å². The summed E-state index contributed by atoms with van der Waals surface area (Å²) in [5.74, 6) is -0.0820. The van der Waals surface area contributed by atoms with Crippen molar-refractivity contribution in [2.24, 2.45) is 62.4 Å². The van der Waals surface area contributed by atoms with Crippen molar-refractivity contribution in [3.8, 4) is 0 Å². The first-order valence-corrected chi connectivity index (χ1v) is 19.1. The molecule has 7 heteroatoms. The molecule has 0 spiro atoms. The number of unbranched alkanes of at least 4 members (excludes halogenated alkanes) is 4.